The number of anilines is 1. The Labute approximate surface area is 96.1 Å². The lowest BCUT2D eigenvalue weighted by Gasteiger charge is -2.08. The summed E-state index contributed by atoms with van der Waals surface area (Å²) in [5.41, 5.74) is 5.69. The molecule has 1 rings (SSSR count). The number of carboxylic acids is 1. The molecule has 6 nitrogen and oxygen atoms in total. The zero-order valence-corrected chi connectivity index (χ0v) is 9.15. The summed E-state index contributed by atoms with van der Waals surface area (Å²) < 4.78 is 0. The van der Waals surface area contributed by atoms with Gasteiger partial charge in [-0.25, -0.2) is 9.78 Å². The fourth-order valence-corrected chi connectivity index (χ4v) is 1.85. The van der Waals surface area contributed by atoms with Crippen molar-refractivity contribution in [2.24, 2.45) is 0 Å². The summed E-state index contributed by atoms with van der Waals surface area (Å²) in [6.07, 6.45) is 0.450. The maximum atomic E-state index is 10.9. The number of hydrogen-bond donors (Lipinski definition) is 4. The highest BCUT2D eigenvalue weighted by Crippen LogP contribution is 2.22. The molecule has 1 atom stereocenters. The lowest BCUT2D eigenvalue weighted by Crippen LogP contribution is -2.15. The first-order chi connectivity index (χ1) is 7.54. The quantitative estimate of drug-likeness (QED) is 0.530. The van der Waals surface area contributed by atoms with E-state index in [-0.39, 0.29) is 28.6 Å². The summed E-state index contributed by atoms with van der Waals surface area (Å²) in [6, 6.07) is 1.31. The number of nitrogen functional groups attached to an aromatic ring is 1. The molecule has 0 aliphatic rings. The van der Waals surface area contributed by atoms with Crippen LogP contribution in [0.5, 0.6) is 0 Å². The summed E-state index contributed by atoms with van der Waals surface area (Å²) >= 11 is 1.06. The number of rotatable bonds is 5. The van der Waals surface area contributed by atoms with Crippen LogP contribution in [0.3, 0.4) is 0 Å². The number of nitrogens with two attached hydrogens (primary N) is 1. The molecule has 0 saturated carbocycles. The van der Waals surface area contributed by atoms with Crippen LogP contribution in [0.4, 0.5) is 5.69 Å². The number of carbonyl (C=O) groups is 1. The second kappa shape index (κ2) is 5.69. The van der Waals surface area contributed by atoms with Gasteiger partial charge in [-0.3, -0.25) is 0 Å². The second-order valence-electron chi connectivity index (χ2n) is 3.07. The molecule has 7 heteroatoms. The molecular weight excluding hydrogens is 232 g/mol. The van der Waals surface area contributed by atoms with Gasteiger partial charge in [-0.1, -0.05) is 0 Å². The molecule has 1 unspecified atom stereocenters. The minimum Gasteiger partial charge on any atom is -0.478 e. The SMILES string of the molecule is Nc1cnc(SCC(O)CO)c(C(=O)O)c1. The Hall–Kier alpha value is -1.31. The van der Waals surface area contributed by atoms with Crippen LogP contribution in [-0.4, -0.2) is 44.7 Å². The Morgan fingerprint density at radius 3 is 2.88 bits per heavy atom. The Balaban J connectivity index is 2.82. The first kappa shape index (κ1) is 12.8. The number of nitrogens with zero attached hydrogens (tertiary/aromatic N) is 1. The van der Waals surface area contributed by atoms with Gasteiger partial charge in [-0.2, -0.15) is 0 Å². The van der Waals surface area contributed by atoms with Crippen molar-refractivity contribution in [1.82, 2.24) is 4.98 Å². The standard InChI is InChI=1S/C9H12N2O4S/c10-5-1-7(9(14)15)8(11-2-5)16-4-6(13)3-12/h1-2,6,12-13H,3-4,10H2,(H,14,15). The summed E-state index contributed by atoms with van der Waals surface area (Å²) in [5.74, 6) is -0.950. The molecule has 0 spiro atoms. The number of pyridine rings is 1. The molecule has 1 aromatic heterocycles. The molecule has 0 aliphatic carbocycles. The average molecular weight is 244 g/mol. The van der Waals surface area contributed by atoms with E-state index in [0.717, 1.165) is 11.8 Å². The maximum absolute atomic E-state index is 10.9. The minimum absolute atomic E-state index is 0.00450. The predicted octanol–water partition coefficient (Wildman–Crippen LogP) is -0.193. The van der Waals surface area contributed by atoms with E-state index < -0.39 is 12.1 Å². The monoisotopic (exact) mass is 244 g/mol. The molecule has 0 aliphatic heterocycles. The second-order valence-corrected chi connectivity index (χ2v) is 4.08. The number of aromatic carboxylic acids is 1. The normalized spacial score (nSPS) is 12.4. The Morgan fingerprint density at radius 1 is 1.62 bits per heavy atom. The van der Waals surface area contributed by atoms with E-state index in [1.165, 1.54) is 12.3 Å². The van der Waals surface area contributed by atoms with E-state index in [1.54, 1.807) is 0 Å². The van der Waals surface area contributed by atoms with E-state index in [1.807, 2.05) is 0 Å². The van der Waals surface area contributed by atoms with Crippen molar-refractivity contribution in [2.45, 2.75) is 11.1 Å². The topological polar surface area (TPSA) is 117 Å². The van der Waals surface area contributed by atoms with E-state index >= 15 is 0 Å². The summed E-state index contributed by atoms with van der Waals surface area (Å²) in [7, 11) is 0. The van der Waals surface area contributed by atoms with Crippen LogP contribution in [-0.2, 0) is 0 Å². The molecule has 0 bridgehead atoms. The Kier molecular flexibility index (Phi) is 4.53. The van der Waals surface area contributed by atoms with Crippen LogP contribution in [0.15, 0.2) is 17.3 Å². The third-order valence-electron chi connectivity index (χ3n) is 1.73. The van der Waals surface area contributed by atoms with E-state index in [4.69, 9.17) is 21.1 Å². The zero-order valence-electron chi connectivity index (χ0n) is 8.33. The van der Waals surface area contributed by atoms with Gasteiger partial charge < -0.3 is 21.1 Å². The number of aliphatic hydroxyl groups is 2. The molecule has 0 amide bonds. The highest BCUT2D eigenvalue weighted by Gasteiger charge is 2.14. The van der Waals surface area contributed by atoms with Crippen molar-refractivity contribution in [1.29, 1.82) is 0 Å². The lowest BCUT2D eigenvalue weighted by molar-refractivity contribution is 0.0692. The van der Waals surface area contributed by atoms with E-state index in [0.29, 0.717) is 0 Å². The fraction of sp³-hybridized carbons (Fsp3) is 0.333. The van der Waals surface area contributed by atoms with Crippen LogP contribution < -0.4 is 5.73 Å². The van der Waals surface area contributed by atoms with Gasteiger partial charge >= 0.3 is 5.97 Å². The Morgan fingerprint density at radius 2 is 2.31 bits per heavy atom. The van der Waals surface area contributed by atoms with Gasteiger partial charge in [0.05, 0.1) is 30.2 Å². The molecule has 0 saturated heterocycles. The van der Waals surface area contributed by atoms with Gasteiger partial charge in [-0.05, 0) is 6.07 Å². The molecule has 88 valence electrons. The molecular formula is C9H12N2O4S. The molecule has 16 heavy (non-hydrogen) atoms. The maximum Gasteiger partial charge on any atom is 0.338 e. The lowest BCUT2D eigenvalue weighted by atomic mass is 10.3. The molecule has 1 heterocycles. The highest BCUT2D eigenvalue weighted by atomic mass is 32.2. The van der Waals surface area contributed by atoms with Crippen molar-refractivity contribution < 1.29 is 20.1 Å². The summed E-state index contributed by atoms with van der Waals surface area (Å²) in [6.45, 7) is -0.371. The van der Waals surface area contributed by atoms with Crippen LogP contribution in [0, 0.1) is 0 Å². The first-order valence-corrected chi connectivity index (χ1v) is 5.43. The number of hydrogen-bond acceptors (Lipinski definition) is 6. The van der Waals surface area contributed by atoms with Crippen LogP contribution in [0.25, 0.3) is 0 Å². The minimum atomic E-state index is -1.12. The van der Waals surface area contributed by atoms with Crippen molar-refractivity contribution in [2.75, 3.05) is 18.1 Å². The number of aromatic nitrogens is 1. The molecule has 0 aromatic carbocycles. The molecule has 1 aromatic rings. The highest BCUT2D eigenvalue weighted by molar-refractivity contribution is 7.99. The predicted molar refractivity (Wildman–Crippen MR) is 59.4 cm³/mol. The van der Waals surface area contributed by atoms with Crippen molar-refractivity contribution in [3.8, 4) is 0 Å². The van der Waals surface area contributed by atoms with Gasteiger partial charge in [0, 0.05) is 5.75 Å². The van der Waals surface area contributed by atoms with Crippen molar-refractivity contribution in [3.05, 3.63) is 17.8 Å². The summed E-state index contributed by atoms with van der Waals surface area (Å²) in [4.78, 5) is 14.7. The molecule has 0 fully saturated rings. The van der Waals surface area contributed by atoms with Gasteiger partial charge in [0.15, 0.2) is 0 Å². The molecule has 5 N–H and O–H groups in total. The Bertz CT molecular complexity index is 386. The van der Waals surface area contributed by atoms with Gasteiger partial charge in [0.2, 0.25) is 0 Å². The van der Waals surface area contributed by atoms with Crippen LogP contribution >= 0.6 is 11.8 Å². The number of aliphatic hydroxyl groups excluding tert-OH is 2. The number of carboxylic acid groups (broad SMARTS) is 1. The molecule has 0 radical (unpaired) electrons. The zero-order chi connectivity index (χ0) is 12.1. The van der Waals surface area contributed by atoms with Gasteiger partial charge in [0.25, 0.3) is 0 Å². The average Bonchev–Trinajstić information content (AvgIpc) is 2.26. The van der Waals surface area contributed by atoms with Crippen LogP contribution in [0.2, 0.25) is 0 Å². The van der Waals surface area contributed by atoms with E-state index in [2.05, 4.69) is 4.98 Å². The van der Waals surface area contributed by atoms with E-state index in [9.17, 15) is 4.79 Å². The fourth-order valence-electron chi connectivity index (χ4n) is 0.964. The third kappa shape index (κ3) is 3.37. The number of thioether (sulfide) groups is 1. The smallest absolute Gasteiger partial charge is 0.338 e. The van der Waals surface area contributed by atoms with Gasteiger partial charge in [0.1, 0.15) is 5.03 Å². The van der Waals surface area contributed by atoms with Gasteiger partial charge in [-0.15, -0.1) is 11.8 Å². The van der Waals surface area contributed by atoms with Crippen LogP contribution in [0.1, 0.15) is 10.4 Å². The van der Waals surface area contributed by atoms with Crippen molar-refractivity contribution >= 4 is 23.4 Å². The third-order valence-corrected chi connectivity index (χ3v) is 2.88. The largest absolute Gasteiger partial charge is 0.478 e. The first-order valence-electron chi connectivity index (χ1n) is 4.45. The summed E-state index contributed by atoms with van der Waals surface area (Å²) in [5, 5.41) is 26.9. The van der Waals surface area contributed by atoms with Crippen molar-refractivity contribution in [3.63, 3.8) is 0 Å².